The second-order valence-corrected chi connectivity index (χ2v) is 6.83. The van der Waals surface area contributed by atoms with Crippen LogP contribution in [0.2, 0.25) is 0 Å². The molecular formula is C20H20N2O5S. The number of esters is 1. The van der Waals surface area contributed by atoms with Crippen molar-refractivity contribution in [2.24, 2.45) is 4.99 Å². The summed E-state index contributed by atoms with van der Waals surface area (Å²) in [5, 5.41) is 0. The number of aromatic nitrogens is 1. The Labute approximate surface area is 165 Å². The summed E-state index contributed by atoms with van der Waals surface area (Å²) in [6.45, 7) is 1.01. The van der Waals surface area contributed by atoms with E-state index in [9.17, 15) is 9.59 Å². The largest absolute Gasteiger partial charge is 0.497 e. The van der Waals surface area contributed by atoms with E-state index in [4.69, 9.17) is 14.2 Å². The van der Waals surface area contributed by atoms with Gasteiger partial charge in [-0.3, -0.25) is 4.79 Å². The molecule has 0 aliphatic heterocycles. The third-order valence-electron chi connectivity index (χ3n) is 4.17. The highest BCUT2D eigenvalue weighted by atomic mass is 32.1. The van der Waals surface area contributed by atoms with Gasteiger partial charge in [-0.15, -0.1) is 0 Å². The lowest BCUT2D eigenvalue weighted by Gasteiger charge is -2.06. The van der Waals surface area contributed by atoms with E-state index in [1.807, 2.05) is 22.8 Å². The number of carbonyl (C=O) groups excluding carboxylic acids is 2. The Balaban J connectivity index is 2.13. The second-order valence-electron chi connectivity index (χ2n) is 5.82. The van der Waals surface area contributed by atoms with Crippen LogP contribution in [0.4, 0.5) is 0 Å². The first-order valence-electron chi connectivity index (χ1n) is 8.51. The maximum atomic E-state index is 12.8. The summed E-state index contributed by atoms with van der Waals surface area (Å²) in [7, 11) is 4.50. The van der Waals surface area contributed by atoms with Gasteiger partial charge in [0, 0.05) is 13.7 Å². The molecule has 0 unspecified atom stereocenters. The SMILES string of the molecule is COCCn1c(=NC(=O)c2ccccc2C(=O)OC)sc2cc(OC)ccc21. The van der Waals surface area contributed by atoms with Crippen LogP contribution >= 0.6 is 11.3 Å². The number of nitrogens with zero attached hydrogens (tertiary/aromatic N) is 2. The fourth-order valence-electron chi connectivity index (χ4n) is 2.77. The summed E-state index contributed by atoms with van der Waals surface area (Å²) in [5.74, 6) is -0.361. The van der Waals surface area contributed by atoms with E-state index >= 15 is 0 Å². The summed E-state index contributed by atoms with van der Waals surface area (Å²) >= 11 is 1.37. The average Bonchev–Trinajstić information content (AvgIpc) is 3.07. The Hall–Kier alpha value is -2.97. The first kappa shape index (κ1) is 19.8. The number of rotatable bonds is 6. The minimum Gasteiger partial charge on any atom is -0.497 e. The Morgan fingerprint density at radius 3 is 2.50 bits per heavy atom. The monoisotopic (exact) mass is 400 g/mol. The molecule has 1 heterocycles. The molecular weight excluding hydrogens is 380 g/mol. The molecule has 1 aromatic heterocycles. The topological polar surface area (TPSA) is 79.1 Å². The summed E-state index contributed by atoms with van der Waals surface area (Å²) < 4.78 is 18.1. The van der Waals surface area contributed by atoms with Gasteiger partial charge >= 0.3 is 5.97 Å². The molecule has 0 N–H and O–H groups in total. The van der Waals surface area contributed by atoms with Crippen LogP contribution < -0.4 is 9.54 Å². The number of thiazole rings is 1. The van der Waals surface area contributed by atoms with Gasteiger partial charge in [0.15, 0.2) is 4.80 Å². The van der Waals surface area contributed by atoms with Gasteiger partial charge < -0.3 is 18.8 Å². The van der Waals surface area contributed by atoms with Crippen molar-refractivity contribution < 1.29 is 23.8 Å². The van der Waals surface area contributed by atoms with Gasteiger partial charge in [0.05, 0.1) is 42.2 Å². The van der Waals surface area contributed by atoms with E-state index in [0.717, 1.165) is 16.0 Å². The average molecular weight is 400 g/mol. The van der Waals surface area contributed by atoms with E-state index in [1.165, 1.54) is 18.4 Å². The summed E-state index contributed by atoms with van der Waals surface area (Å²) in [4.78, 5) is 29.6. The zero-order valence-electron chi connectivity index (χ0n) is 15.8. The minimum atomic E-state index is -0.576. The maximum absolute atomic E-state index is 12.8. The highest BCUT2D eigenvalue weighted by Gasteiger charge is 2.17. The first-order chi connectivity index (χ1) is 13.6. The molecule has 0 radical (unpaired) electrons. The Morgan fingerprint density at radius 2 is 1.82 bits per heavy atom. The number of methoxy groups -OCH3 is 3. The second kappa shape index (κ2) is 8.81. The smallest absolute Gasteiger partial charge is 0.338 e. The third kappa shape index (κ3) is 3.97. The number of fused-ring (bicyclic) bond motifs is 1. The van der Waals surface area contributed by atoms with Crippen LogP contribution in [-0.4, -0.2) is 44.4 Å². The van der Waals surface area contributed by atoms with Crippen LogP contribution in [0.1, 0.15) is 20.7 Å². The predicted octanol–water partition coefficient (Wildman–Crippen LogP) is 2.89. The highest BCUT2D eigenvalue weighted by Crippen LogP contribution is 2.23. The summed E-state index contributed by atoms with van der Waals surface area (Å²) in [5.41, 5.74) is 1.31. The molecule has 0 spiro atoms. The van der Waals surface area contributed by atoms with E-state index in [1.54, 1.807) is 38.5 Å². The Morgan fingerprint density at radius 1 is 1.07 bits per heavy atom. The first-order valence-corrected chi connectivity index (χ1v) is 9.33. The van der Waals surface area contributed by atoms with Gasteiger partial charge in [-0.05, 0) is 30.3 Å². The summed E-state index contributed by atoms with van der Waals surface area (Å²) in [6.07, 6.45) is 0. The molecule has 7 nitrogen and oxygen atoms in total. The Bertz CT molecular complexity index is 1080. The fraction of sp³-hybridized carbons (Fsp3) is 0.250. The van der Waals surface area contributed by atoms with Crippen molar-refractivity contribution in [1.82, 2.24) is 4.57 Å². The van der Waals surface area contributed by atoms with E-state index < -0.39 is 11.9 Å². The van der Waals surface area contributed by atoms with Crippen LogP contribution in [0.5, 0.6) is 5.75 Å². The van der Waals surface area contributed by atoms with Crippen molar-refractivity contribution in [2.75, 3.05) is 27.9 Å². The van der Waals surface area contributed by atoms with Crippen molar-refractivity contribution in [3.05, 3.63) is 58.4 Å². The lowest BCUT2D eigenvalue weighted by atomic mass is 10.1. The lowest BCUT2D eigenvalue weighted by molar-refractivity contribution is 0.0597. The quantitative estimate of drug-likeness (QED) is 0.595. The molecule has 0 saturated heterocycles. The van der Waals surface area contributed by atoms with E-state index in [2.05, 4.69) is 4.99 Å². The maximum Gasteiger partial charge on any atom is 0.338 e. The van der Waals surface area contributed by atoms with Gasteiger partial charge in [0.1, 0.15) is 5.75 Å². The van der Waals surface area contributed by atoms with Crippen LogP contribution in [0.25, 0.3) is 10.2 Å². The molecule has 2 aromatic carbocycles. The number of amides is 1. The molecule has 0 fully saturated rings. The van der Waals surface area contributed by atoms with Gasteiger partial charge in [0.2, 0.25) is 0 Å². The zero-order valence-corrected chi connectivity index (χ0v) is 16.6. The molecule has 8 heteroatoms. The van der Waals surface area contributed by atoms with Crippen LogP contribution in [0, 0.1) is 0 Å². The number of benzene rings is 2. The number of carbonyl (C=O) groups is 2. The normalized spacial score (nSPS) is 11.6. The van der Waals surface area contributed by atoms with Gasteiger partial charge in [-0.25, -0.2) is 4.79 Å². The zero-order chi connectivity index (χ0) is 20.1. The number of hydrogen-bond donors (Lipinski definition) is 0. The fourth-order valence-corrected chi connectivity index (χ4v) is 3.85. The third-order valence-corrected chi connectivity index (χ3v) is 5.21. The highest BCUT2D eigenvalue weighted by molar-refractivity contribution is 7.16. The standard InChI is InChI=1S/C20H20N2O5S/c1-25-11-10-22-16-9-8-13(26-2)12-17(16)28-20(22)21-18(23)14-6-4-5-7-15(14)19(24)27-3/h4-9,12H,10-11H2,1-3H3. The van der Waals surface area contributed by atoms with Crippen molar-refractivity contribution in [1.29, 1.82) is 0 Å². The molecule has 0 saturated carbocycles. The molecule has 0 aliphatic rings. The van der Waals surface area contributed by atoms with Crippen LogP contribution in [-0.2, 0) is 16.0 Å². The lowest BCUT2D eigenvalue weighted by Crippen LogP contribution is -2.20. The van der Waals surface area contributed by atoms with E-state index in [0.29, 0.717) is 18.0 Å². The summed E-state index contributed by atoms with van der Waals surface area (Å²) in [6, 6.07) is 12.1. The van der Waals surface area contributed by atoms with Crippen LogP contribution in [0.15, 0.2) is 47.5 Å². The van der Waals surface area contributed by atoms with Crippen molar-refractivity contribution in [3.63, 3.8) is 0 Å². The molecule has 0 aliphatic carbocycles. The molecule has 28 heavy (non-hydrogen) atoms. The van der Waals surface area contributed by atoms with E-state index in [-0.39, 0.29) is 11.1 Å². The van der Waals surface area contributed by atoms with Crippen LogP contribution in [0.3, 0.4) is 0 Å². The van der Waals surface area contributed by atoms with Gasteiger partial charge in [-0.1, -0.05) is 23.5 Å². The van der Waals surface area contributed by atoms with Crippen molar-refractivity contribution >= 4 is 33.4 Å². The molecule has 3 rings (SSSR count). The molecule has 1 amide bonds. The van der Waals surface area contributed by atoms with Crippen molar-refractivity contribution in [3.8, 4) is 5.75 Å². The predicted molar refractivity (Wildman–Crippen MR) is 106 cm³/mol. The number of ether oxygens (including phenoxy) is 3. The molecule has 3 aromatic rings. The molecule has 146 valence electrons. The number of hydrogen-bond acceptors (Lipinski definition) is 6. The minimum absolute atomic E-state index is 0.185. The molecule has 0 bridgehead atoms. The Kier molecular flexibility index (Phi) is 6.23. The molecule has 0 atom stereocenters. The van der Waals surface area contributed by atoms with Gasteiger partial charge in [-0.2, -0.15) is 4.99 Å². The van der Waals surface area contributed by atoms with Crippen molar-refractivity contribution in [2.45, 2.75) is 6.54 Å². The van der Waals surface area contributed by atoms with Gasteiger partial charge in [0.25, 0.3) is 5.91 Å².